The minimum Gasteiger partial charge on any atom is -0.457 e. The number of nitrogens with zero attached hydrogens (tertiary/aromatic N) is 2. The van der Waals surface area contributed by atoms with Crippen molar-refractivity contribution in [3.63, 3.8) is 0 Å². The molecular weight excluding hydrogens is 670 g/mol. The summed E-state index contributed by atoms with van der Waals surface area (Å²) in [5, 5.41) is 25.6. The Labute approximate surface area is 296 Å². The molecule has 0 aliphatic carbocycles. The molecule has 6 bridgehead atoms. The summed E-state index contributed by atoms with van der Waals surface area (Å²) >= 11 is 6.81. The van der Waals surface area contributed by atoms with Gasteiger partial charge in [-0.05, 0) is 58.2 Å². The number of ether oxygens (including phenoxy) is 3. The highest BCUT2D eigenvalue weighted by molar-refractivity contribution is 6.34. The minimum absolute atomic E-state index is 0.0246. The molecule has 5 rings (SSSR count). The number of fused-ring (bicyclic) bond motifs is 10. The van der Waals surface area contributed by atoms with E-state index in [2.05, 4.69) is 5.32 Å². The first-order chi connectivity index (χ1) is 23.2. The summed E-state index contributed by atoms with van der Waals surface area (Å²) < 4.78 is 17.8. The average molecular weight is 716 g/mol. The number of carbonyl (C=O) groups is 5. The van der Waals surface area contributed by atoms with Crippen molar-refractivity contribution in [1.29, 1.82) is 0 Å². The van der Waals surface area contributed by atoms with E-state index in [1.54, 1.807) is 45.9 Å². The molecular formula is C36H46ClN3O10. The Morgan fingerprint density at radius 2 is 1.70 bits per heavy atom. The molecule has 50 heavy (non-hydrogen) atoms. The lowest BCUT2D eigenvalue weighted by atomic mass is 9.82. The van der Waals surface area contributed by atoms with Crippen molar-refractivity contribution in [3.05, 3.63) is 52.1 Å². The maximum atomic E-state index is 14.4. The van der Waals surface area contributed by atoms with Gasteiger partial charge in [0.2, 0.25) is 11.5 Å². The van der Waals surface area contributed by atoms with Crippen LogP contribution in [-0.4, -0.2) is 99.6 Å². The van der Waals surface area contributed by atoms with E-state index in [1.807, 2.05) is 19.1 Å². The molecule has 4 heterocycles. The van der Waals surface area contributed by atoms with Crippen molar-refractivity contribution in [2.45, 2.75) is 109 Å². The first kappa shape index (κ1) is 37.5. The fraction of sp³-hybridized carbons (Fsp3) is 0.583. The minimum atomic E-state index is -2.59. The summed E-state index contributed by atoms with van der Waals surface area (Å²) in [5.41, 5.74) is -3.04. The average Bonchev–Trinajstić information content (AvgIpc) is 3.74. The third-order valence-electron chi connectivity index (χ3n) is 10.7. The van der Waals surface area contributed by atoms with Crippen molar-refractivity contribution in [1.82, 2.24) is 10.2 Å². The van der Waals surface area contributed by atoms with E-state index in [1.165, 1.54) is 14.0 Å². The summed E-state index contributed by atoms with van der Waals surface area (Å²) in [6.07, 6.45) is 1.90. The molecule has 0 aromatic heterocycles. The fourth-order valence-corrected chi connectivity index (χ4v) is 7.19. The lowest BCUT2D eigenvalue weighted by Gasteiger charge is -2.41. The van der Waals surface area contributed by atoms with Crippen molar-refractivity contribution < 1.29 is 48.4 Å². The van der Waals surface area contributed by atoms with Crippen molar-refractivity contribution in [3.8, 4) is 0 Å². The second-order valence-corrected chi connectivity index (χ2v) is 15.0. The zero-order chi connectivity index (χ0) is 37.1. The number of epoxide rings is 1. The van der Waals surface area contributed by atoms with Crippen molar-refractivity contribution in [2.24, 2.45) is 11.8 Å². The number of Topliss-reactive ketones (excluding diaryl/α,β-unsaturated/α-hetero) is 1. The number of hydrogen-bond donors (Lipinski definition) is 3. The lowest BCUT2D eigenvalue weighted by Crippen LogP contribution is -2.61. The van der Waals surface area contributed by atoms with Gasteiger partial charge in [-0.25, -0.2) is 9.59 Å². The number of anilines is 1. The molecule has 3 N–H and O–H groups in total. The second kappa shape index (κ2) is 13.4. The standard InChI is InChI=1S/C36H46ClN3O10/c1-18-10-9-11-20(3)36(47)16-25(48-33(45)38-36)21(4)30-35(7,50-30)27-15-28(42)40(24-14-23(12-18)13-19(2)29(24)37)17-26(41)34(6,46)32(44)39(8)22(5)31(43)49-27/h9-11,13-14,20-22,25,27,30,46-47H,12,15-17H2,1-8H3,(H,38,45)/b11-9+,18-10?/t20-,21-,22+,25+,27+,30?,34?,35+,36+/m1/s1. The Morgan fingerprint density at radius 3 is 2.38 bits per heavy atom. The molecule has 0 spiro atoms. The van der Waals surface area contributed by atoms with Crippen LogP contribution in [0.25, 0.3) is 0 Å². The molecule has 3 saturated heterocycles. The Bertz CT molecular complexity index is 1670. The number of carbonyl (C=O) groups excluding carboxylic acids is 5. The third kappa shape index (κ3) is 6.92. The van der Waals surface area contributed by atoms with Gasteiger partial charge in [-0.1, -0.05) is 55.3 Å². The number of likely N-dealkylation sites (N-methyl/N-ethyl adjacent to an activating group) is 1. The van der Waals surface area contributed by atoms with Gasteiger partial charge in [-0.2, -0.15) is 0 Å². The number of esters is 1. The third-order valence-corrected chi connectivity index (χ3v) is 11.2. The topological polar surface area (TPSA) is 175 Å². The quantitative estimate of drug-likeness (QED) is 0.206. The summed E-state index contributed by atoms with van der Waals surface area (Å²) in [4.78, 5) is 70.0. The summed E-state index contributed by atoms with van der Waals surface area (Å²) in [6.45, 7) is 10.6. The number of aryl methyl sites for hydroxylation is 1. The summed E-state index contributed by atoms with van der Waals surface area (Å²) in [5.74, 6) is -4.65. The van der Waals surface area contributed by atoms with Crippen LogP contribution in [0.4, 0.5) is 10.5 Å². The first-order valence-electron chi connectivity index (χ1n) is 16.7. The molecule has 0 saturated carbocycles. The second-order valence-electron chi connectivity index (χ2n) is 14.6. The predicted molar refractivity (Wildman–Crippen MR) is 182 cm³/mol. The number of hydrogen-bond acceptors (Lipinski definition) is 10. The molecule has 0 radical (unpaired) electrons. The largest absolute Gasteiger partial charge is 0.457 e. The lowest BCUT2D eigenvalue weighted by molar-refractivity contribution is -0.169. The molecule has 3 fully saturated rings. The molecule has 4 aliphatic heterocycles. The zero-order valence-electron chi connectivity index (χ0n) is 29.6. The Morgan fingerprint density at radius 1 is 1.02 bits per heavy atom. The SMILES string of the molecule is CC1=C/C=C/[C@@H](C)[C@@]2(O)C[C@H](OC(=O)N2)[C@@H](C)C2O[C@@]2(C)[C@@H]2CC(=O)N(CC(=O)C(C)(O)C(=O)N(C)[C@@H](C)C(=O)O2)c2cc(cc(C)c2Cl)C1. The van der Waals surface area contributed by atoms with Crippen LogP contribution in [0.2, 0.25) is 5.02 Å². The Hall–Kier alpha value is -3.78. The smallest absolute Gasteiger partial charge is 0.409 e. The molecule has 1 aromatic rings. The van der Waals surface area contributed by atoms with E-state index >= 15 is 0 Å². The van der Waals surface area contributed by atoms with E-state index in [0.29, 0.717) is 12.0 Å². The van der Waals surface area contributed by atoms with Gasteiger partial charge in [0.25, 0.3) is 5.91 Å². The van der Waals surface area contributed by atoms with Gasteiger partial charge < -0.3 is 34.2 Å². The number of halogens is 1. The number of nitrogens with one attached hydrogen (secondary N) is 1. The van der Waals surface area contributed by atoms with Crippen LogP contribution < -0.4 is 10.2 Å². The number of amides is 3. The van der Waals surface area contributed by atoms with E-state index in [-0.39, 0.29) is 17.1 Å². The fourth-order valence-electron chi connectivity index (χ4n) is 6.98. The van der Waals surface area contributed by atoms with E-state index in [4.69, 9.17) is 25.8 Å². The van der Waals surface area contributed by atoms with Crippen LogP contribution in [0.5, 0.6) is 0 Å². The normalized spacial score (nSPS) is 37.8. The number of aliphatic hydroxyl groups is 2. The van der Waals surface area contributed by atoms with Crippen LogP contribution in [0.1, 0.15) is 65.5 Å². The maximum absolute atomic E-state index is 14.4. The molecule has 1 aromatic carbocycles. The van der Waals surface area contributed by atoms with Crippen molar-refractivity contribution in [2.75, 3.05) is 18.5 Å². The number of allylic oxidation sites excluding steroid dienone is 3. The monoisotopic (exact) mass is 715 g/mol. The Balaban J connectivity index is 1.67. The summed E-state index contributed by atoms with van der Waals surface area (Å²) in [7, 11) is 1.27. The van der Waals surface area contributed by atoms with Gasteiger partial charge in [0.05, 0.1) is 29.8 Å². The van der Waals surface area contributed by atoms with Crippen molar-refractivity contribution >= 4 is 46.9 Å². The van der Waals surface area contributed by atoms with Gasteiger partial charge >= 0.3 is 12.1 Å². The van der Waals surface area contributed by atoms with Gasteiger partial charge in [0, 0.05) is 25.3 Å². The number of rotatable bonds is 0. The van der Waals surface area contributed by atoms with Crippen LogP contribution in [-0.2, 0) is 39.8 Å². The maximum Gasteiger partial charge on any atom is 0.409 e. The molecule has 9 atom stereocenters. The van der Waals surface area contributed by atoms with Gasteiger partial charge in [0.1, 0.15) is 29.6 Å². The van der Waals surface area contributed by atoms with E-state index in [9.17, 15) is 34.2 Å². The highest BCUT2D eigenvalue weighted by Crippen LogP contribution is 2.49. The number of alkyl carbamates (subject to hydrolysis) is 1. The molecule has 272 valence electrons. The molecule has 4 aliphatic rings. The first-order valence-corrected chi connectivity index (χ1v) is 17.1. The number of benzene rings is 1. The molecule has 2 unspecified atom stereocenters. The van der Waals surface area contributed by atoms with E-state index < -0.39 is 95.7 Å². The van der Waals surface area contributed by atoms with Crippen LogP contribution in [0.3, 0.4) is 0 Å². The predicted octanol–water partition coefficient (Wildman–Crippen LogP) is 3.14. The Kier molecular flexibility index (Phi) is 10.0. The van der Waals surface area contributed by atoms with Gasteiger partial charge in [-0.3, -0.25) is 19.7 Å². The van der Waals surface area contributed by atoms with Crippen LogP contribution >= 0.6 is 11.6 Å². The van der Waals surface area contributed by atoms with Crippen LogP contribution in [0, 0.1) is 18.8 Å². The number of ketones is 1. The zero-order valence-corrected chi connectivity index (χ0v) is 30.4. The molecule has 13 nitrogen and oxygen atoms in total. The highest BCUT2D eigenvalue weighted by Gasteiger charge is 2.64. The molecule has 14 heteroatoms. The van der Waals surface area contributed by atoms with Gasteiger partial charge in [-0.15, -0.1) is 0 Å². The molecule has 3 amide bonds. The van der Waals surface area contributed by atoms with E-state index in [0.717, 1.165) is 27.9 Å². The highest BCUT2D eigenvalue weighted by atomic mass is 35.5. The van der Waals surface area contributed by atoms with Gasteiger partial charge in [0.15, 0.2) is 5.78 Å². The van der Waals surface area contributed by atoms with Crippen LogP contribution in [0.15, 0.2) is 35.9 Å². The summed E-state index contributed by atoms with van der Waals surface area (Å²) in [6, 6.07) is 2.28.